The summed E-state index contributed by atoms with van der Waals surface area (Å²) in [5.41, 5.74) is 43.5. The Balaban J connectivity index is 0.000000178. The van der Waals surface area contributed by atoms with Gasteiger partial charge in [-0.1, -0.05) is 308 Å². The Hall–Kier alpha value is -13.2. The van der Waals surface area contributed by atoms with E-state index in [1.165, 1.54) is 134 Å². The fourth-order valence-electron chi connectivity index (χ4n) is 17.0. The molecule has 13 nitrogen and oxygen atoms in total. The fraction of sp³-hybridized carbons (Fsp3) is 0.274. The standard InChI is InChI=1S/C29H39N3.C26H33N3.C25H31N3.2C22H24N2.ClH/c1-5-31(6-2)28-18-14-26(15-19-28)23-30(22-25-12-10-9-11-13-25)24-27-16-20-29(21-17-27)32(7-3)8-4;1-21(24-9-7-6-8-10-24)29(19-22-11-15-25(16-12-22)27(2)3)20-23-13-17-26(18-14-23)28(4)5;1-26(2)24-14-10-22(11-15-24)19-28(18-21-8-6-5-7-9-21)20-23-12-16-25(17-13-23)27(3)4;2*1-18-7-9-20(10-8-18)16-24(15-19-5-3-2-4-6-19)17-21-11-13-22(23)14-12-21;/h9-21H,5-8,22-24H2,1-4H3;6-18,21H,19-20H2,1-5H3;5-17H,18-20H2,1-4H3;2*2-14H,15-17,23H2,1H3;1H. The maximum Gasteiger partial charge on any atom is 0.103 e. The number of hydrogen-bond acceptors (Lipinski definition) is 12. The van der Waals surface area contributed by atoms with Crippen molar-refractivity contribution in [1.29, 1.82) is 0 Å². The summed E-state index contributed by atoms with van der Waals surface area (Å²) in [5, 5.41) is 0. The van der Waals surface area contributed by atoms with E-state index in [4.69, 9.17) is 11.5 Å². The average Bonchev–Trinajstić information content (AvgIpc) is 0.822. The molecule has 0 spiro atoms. The number of rotatable bonds is 40. The zero-order valence-electron chi connectivity index (χ0n) is 84.8. The van der Waals surface area contributed by atoms with E-state index in [0.717, 1.165) is 129 Å². The second-order valence-electron chi connectivity index (χ2n) is 37.0. The van der Waals surface area contributed by atoms with E-state index in [9.17, 15) is 0 Å². The molecule has 2 unspecified atom stereocenters. The number of hydrogen-bond donors (Lipinski definition) is 3. The SMILES string of the molecule is CC(c1ccccc1)N(Cc1ccc(N(C)C)cc1)Cc1ccc(N(C)C)cc1.CCN(CC)c1ccc(CN(Cc2ccccc2)Cc2ccc(N(CC)CC)cc2)cc1.CN(C)c1ccc(CN(Cc2ccccc2)Cc2ccc(N(C)C)cc2)cc1.Cc1ccc(CN(Cc2ccccc2)Cc2ccc(N)cc2)cc1.Cc1ccc(C[NH+](Cc2ccccc2)Cc2ccc(N)cc2)cc1.[Cl-]. The first-order chi connectivity index (χ1) is 66.5. The maximum atomic E-state index is 5.81. The molecule has 720 valence electrons. The lowest BCUT2D eigenvalue weighted by molar-refractivity contribution is -0.941. The third-order valence-corrected chi connectivity index (χ3v) is 25.1. The molecule has 14 heteroatoms. The van der Waals surface area contributed by atoms with Gasteiger partial charge in [-0.05, 0) is 212 Å². The Morgan fingerprint density at radius 3 is 0.638 bits per heavy atom. The number of aryl methyl sites for hydroxylation is 2. The van der Waals surface area contributed by atoms with Crippen molar-refractivity contribution in [3.05, 3.63) is 489 Å². The van der Waals surface area contributed by atoms with Gasteiger partial charge in [-0.3, -0.25) is 19.6 Å². The van der Waals surface area contributed by atoms with Crippen molar-refractivity contribution in [2.45, 2.75) is 146 Å². The summed E-state index contributed by atoms with van der Waals surface area (Å²) in [6.07, 6.45) is 0. The molecular formula is C124H152ClN13. The monoisotopic (exact) mass is 1860 g/mol. The summed E-state index contributed by atoms with van der Waals surface area (Å²) < 4.78 is 0. The summed E-state index contributed by atoms with van der Waals surface area (Å²) in [7, 11) is 16.6. The lowest BCUT2D eigenvalue weighted by Crippen LogP contribution is -3.08. The van der Waals surface area contributed by atoms with Gasteiger partial charge in [-0.15, -0.1) is 0 Å². The van der Waals surface area contributed by atoms with Gasteiger partial charge in [-0.25, -0.2) is 0 Å². The average molecular weight is 1860 g/mol. The van der Waals surface area contributed by atoms with E-state index in [1.807, 2.05) is 24.3 Å². The van der Waals surface area contributed by atoms with Gasteiger partial charge in [0, 0.05) is 223 Å². The van der Waals surface area contributed by atoms with Gasteiger partial charge in [0.2, 0.25) is 0 Å². The first kappa shape index (κ1) is 107. The molecule has 15 aromatic rings. The molecule has 0 aromatic heterocycles. The van der Waals surface area contributed by atoms with Crippen molar-refractivity contribution in [2.75, 3.05) is 123 Å². The number of quaternary nitrogens is 1. The minimum absolute atomic E-state index is 0. The van der Waals surface area contributed by atoms with Crippen LogP contribution in [0.1, 0.15) is 135 Å². The predicted octanol–water partition coefficient (Wildman–Crippen LogP) is 22.3. The van der Waals surface area contributed by atoms with Gasteiger partial charge >= 0.3 is 0 Å². The molecule has 0 heterocycles. The molecule has 0 aliphatic carbocycles. The highest BCUT2D eigenvalue weighted by atomic mass is 35.5. The Morgan fingerprint density at radius 1 is 0.217 bits per heavy atom. The number of nitrogens with one attached hydrogen (secondary N) is 1. The minimum Gasteiger partial charge on any atom is -1.00 e. The predicted molar refractivity (Wildman–Crippen MR) is 588 cm³/mol. The van der Waals surface area contributed by atoms with Crippen molar-refractivity contribution in [3.63, 3.8) is 0 Å². The molecule has 0 radical (unpaired) electrons. The number of nitrogens with zero attached hydrogens (tertiary/aromatic N) is 10. The van der Waals surface area contributed by atoms with Crippen LogP contribution in [0, 0.1) is 13.8 Å². The first-order valence-corrected chi connectivity index (χ1v) is 49.0. The lowest BCUT2D eigenvalue weighted by atomic mass is 10.0. The number of nitrogens with two attached hydrogens (primary N) is 2. The smallest absolute Gasteiger partial charge is 0.103 e. The Morgan fingerprint density at radius 2 is 0.399 bits per heavy atom. The van der Waals surface area contributed by atoms with Gasteiger partial charge in [0.1, 0.15) is 19.6 Å². The normalized spacial score (nSPS) is 11.3. The highest BCUT2D eigenvalue weighted by Crippen LogP contribution is 2.29. The van der Waals surface area contributed by atoms with Crippen molar-refractivity contribution < 1.29 is 17.3 Å². The van der Waals surface area contributed by atoms with Crippen LogP contribution in [0.3, 0.4) is 0 Å². The highest BCUT2D eigenvalue weighted by Gasteiger charge is 2.20. The summed E-state index contributed by atoms with van der Waals surface area (Å²) in [6, 6.07) is 142. The number of halogens is 1. The van der Waals surface area contributed by atoms with Crippen molar-refractivity contribution in [3.8, 4) is 0 Å². The first-order valence-electron chi connectivity index (χ1n) is 49.0. The summed E-state index contributed by atoms with van der Waals surface area (Å²) in [5.74, 6) is 0. The molecule has 0 saturated carbocycles. The second-order valence-corrected chi connectivity index (χ2v) is 37.0. The number of nitrogen functional groups attached to an aromatic ring is 2. The Bertz CT molecular complexity index is 5400. The van der Waals surface area contributed by atoms with Crippen LogP contribution in [0.25, 0.3) is 0 Å². The summed E-state index contributed by atoms with van der Waals surface area (Å²) in [4.78, 5) is 24.9. The van der Waals surface area contributed by atoms with Crippen LogP contribution < -0.4 is 58.2 Å². The number of benzene rings is 15. The van der Waals surface area contributed by atoms with Crippen LogP contribution in [0.4, 0.5) is 45.5 Å². The van der Waals surface area contributed by atoms with E-state index in [2.05, 4.69) is 524 Å². The van der Waals surface area contributed by atoms with Crippen LogP contribution >= 0.6 is 0 Å². The molecule has 5 N–H and O–H groups in total. The van der Waals surface area contributed by atoms with Gasteiger partial charge < -0.3 is 58.2 Å². The summed E-state index contributed by atoms with van der Waals surface area (Å²) in [6.45, 7) is 32.8. The largest absolute Gasteiger partial charge is 1.00 e. The zero-order chi connectivity index (χ0) is 97.1. The molecule has 15 aromatic carbocycles. The van der Waals surface area contributed by atoms with Crippen LogP contribution in [-0.2, 0) is 91.6 Å². The minimum atomic E-state index is 0. The highest BCUT2D eigenvalue weighted by molar-refractivity contribution is 5.52. The molecule has 0 fully saturated rings. The van der Waals surface area contributed by atoms with Gasteiger partial charge in [-0.2, -0.15) is 0 Å². The van der Waals surface area contributed by atoms with E-state index < -0.39 is 0 Å². The van der Waals surface area contributed by atoms with E-state index in [-0.39, 0.29) is 12.4 Å². The molecule has 0 saturated heterocycles. The zero-order valence-corrected chi connectivity index (χ0v) is 85.6. The number of anilines is 8. The van der Waals surface area contributed by atoms with Crippen LogP contribution in [0.2, 0.25) is 0 Å². The molecule has 0 aliphatic heterocycles. The van der Waals surface area contributed by atoms with Crippen LogP contribution in [0.5, 0.6) is 0 Å². The lowest BCUT2D eigenvalue weighted by Gasteiger charge is -2.30. The van der Waals surface area contributed by atoms with E-state index in [1.54, 1.807) is 0 Å². The van der Waals surface area contributed by atoms with Crippen molar-refractivity contribution in [2.24, 2.45) is 0 Å². The van der Waals surface area contributed by atoms with Gasteiger partial charge in [0.25, 0.3) is 0 Å². The topological polar surface area (TPSA) is 88.9 Å². The Kier molecular flexibility index (Phi) is 44.2. The van der Waals surface area contributed by atoms with Gasteiger partial charge in [0.05, 0.1) is 0 Å². The fourth-order valence-corrected chi connectivity index (χ4v) is 17.0. The van der Waals surface area contributed by atoms with E-state index in [0.29, 0.717) is 6.04 Å². The second kappa shape index (κ2) is 57.1. The quantitative estimate of drug-likeness (QED) is 0.0320. The van der Waals surface area contributed by atoms with Crippen LogP contribution in [-0.4, -0.2) is 102 Å². The molecule has 0 aliphatic rings. The van der Waals surface area contributed by atoms with Crippen LogP contribution in [0.15, 0.2) is 394 Å². The van der Waals surface area contributed by atoms with E-state index >= 15 is 0 Å². The molecule has 0 amide bonds. The van der Waals surface area contributed by atoms with Crippen molar-refractivity contribution >= 4 is 45.5 Å². The summed E-state index contributed by atoms with van der Waals surface area (Å²) >= 11 is 0. The maximum absolute atomic E-state index is 5.81. The van der Waals surface area contributed by atoms with Crippen molar-refractivity contribution in [1.82, 2.24) is 19.6 Å². The molecule has 15 rings (SSSR count). The Labute approximate surface area is 835 Å². The third kappa shape index (κ3) is 36.7. The molecule has 0 bridgehead atoms. The molecule has 2 atom stereocenters. The third-order valence-electron chi connectivity index (χ3n) is 25.1. The molecule has 138 heavy (non-hydrogen) atoms. The van der Waals surface area contributed by atoms with Gasteiger partial charge in [0.15, 0.2) is 0 Å². The molecular weight excluding hydrogens is 1710 g/mol.